The molecule has 136 valence electrons. The molecule has 0 aliphatic carbocycles. The largest absolute Gasteiger partial charge is 0.342 e. The Labute approximate surface area is 158 Å². The minimum Gasteiger partial charge on any atom is -0.342 e. The number of nitrogens with zero attached hydrogens (tertiary/aromatic N) is 4. The molecular formula is C18H18BrFN4O2. The first-order valence-corrected chi connectivity index (χ1v) is 9.05. The van der Waals surface area contributed by atoms with Crippen LogP contribution < -0.4 is 0 Å². The summed E-state index contributed by atoms with van der Waals surface area (Å²) in [7, 11) is 0. The van der Waals surface area contributed by atoms with Crippen molar-refractivity contribution in [3.8, 4) is 23.0 Å². The maximum absolute atomic E-state index is 13.4. The summed E-state index contributed by atoms with van der Waals surface area (Å²) in [6.07, 6.45) is 1.80. The molecule has 0 N–H and O–H groups in total. The number of likely N-dealkylation sites (N-methyl/N-ethyl adjacent to an activating group) is 1. The van der Waals surface area contributed by atoms with Crippen LogP contribution in [0.1, 0.15) is 13.8 Å². The third-order valence-electron chi connectivity index (χ3n) is 4.07. The van der Waals surface area contributed by atoms with Crippen LogP contribution in [0.4, 0.5) is 4.39 Å². The standard InChI is InChI=1S/C18H18BrFN4O2/c1-3-23(4-2)16(25)11-24-9-5-6-15(24)18-21-17(22-26-18)12-7-8-14(20)13(19)10-12/h5-10H,3-4,11H2,1-2H3. The van der Waals surface area contributed by atoms with E-state index in [1.807, 2.05) is 26.0 Å². The van der Waals surface area contributed by atoms with Crippen molar-refractivity contribution in [3.05, 3.63) is 46.8 Å². The molecule has 0 unspecified atom stereocenters. The molecule has 0 spiro atoms. The number of amides is 1. The monoisotopic (exact) mass is 420 g/mol. The van der Waals surface area contributed by atoms with Crippen molar-refractivity contribution in [1.82, 2.24) is 19.6 Å². The molecule has 1 aromatic carbocycles. The second kappa shape index (κ2) is 7.82. The summed E-state index contributed by atoms with van der Waals surface area (Å²) >= 11 is 3.15. The van der Waals surface area contributed by atoms with Crippen LogP contribution >= 0.6 is 15.9 Å². The number of aromatic nitrogens is 3. The highest BCUT2D eigenvalue weighted by molar-refractivity contribution is 9.10. The van der Waals surface area contributed by atoms with E-state index in [1.165, 1.54) is 6.07 Å². The van der Waals surface area contributed by atoms with Gasteiger partial charge in [-0.1, -0.05) is 5.16 Å². The van der Waals surface area contributed by atoms with Gasteiger partial charge >= 0.3 is 0 Å². The summed E-state index contributed by atoms with van der Waals surface area (Å²) in [4.78, 5) is 18.5. The maximum atomic E-state index is 13.4. The lowest BCUT2D eigenvalue weighted by molar-refractivity contribution is -0.131. The van der Waals surface area contributed by atoms with Gasteiger partial charge in [0.1, 0.15) is 18.1 Å². The molecule has 3 rings (SSSR count). The van der Waals surface area contributed by atoms with Crippen LogP contribution in [0.2, 0.25) is 0 Å². The summed E-state index contributed by atoms with van der Waals surface area (Å²) < 4.78 is 20.8. The molecule has 3 aromatic rings. The normalized spacial score (nSPS) is 10.9. The van der Waals surface area contributed by atoms with Gasteiger partial charge in [0.25, 0.3) is 5.89 Å². The van der Waals surface area contributed by atoms with E-state index in [0.717, 1.165) is 0 Å². The molecule has 0 saturated carbocycles. The van der Waals surface area contributed by atoms with E-state index >= 15 is 0 Å². The van der Waals surface area contributed by atoms with Gasteiger partial charge in [0, 0.05) is 24.8 Å². The van der Waals surface area contributed by atoms with Gasteiger partial charge in [-0.25, -0.2) is 4.39 Å². The third-order valence-corrected chi connectivity index (χ3v) is 4.68. The van der Waals surface area contributed by atoms with Crippen LogP contribution in [0.25, 0.3) is 23.0 Å². The Balaban J connectivity index is 1.85. The van der Waals surface area contributed by atoms with Crippen molar-refractivity contribution in [2.75, 3.05) is 13.1 Å². The fraction of sp³-hybridized carbons (Fsp3) is 0.278. The molecule has 0 aliphatic heterocycles. The second-order valence-electron chi connectivity index (χ2n) is 5.64. The molecule has 0 bridgehead atoms. The van der Waals surface area contributed by atoms with Crippen molar-refractivity contribution in [1.29, 1.82) is 0 Å². The van der Waals surface area contributed by atoms with E-state index < -0.39 is 0 Å². The maximum Gasteiger partial charge on any atom is 0.274 e. The lowest BCUT2D eigenvalue weighted by atomic mass is 10.2. The summed E-state index contributed by atoms with van der Waals surface area (Å²) in [5, 5.41) is 3.96. The van der Waals surface area contributed by atoms with Crippen molar-refractivity contribution in [2.45, 2.75) is 20.4 Å². The smallest absolute Gasteiger partial charge is 0.274 e. The summed E-state index contributed by atoms with van der Waals surface area (Å²) in [5.74, 6) is 0.317. The van der Waals surface area contributed by atoms with Crippen LogP contribution in [-0.2, 0) is 11.3 Å². The first kappa shape index (κ1) is 18.3. The van der Waals surface area contributed by atoms with Gasteiger partial charge in [-0.05, 0) is 60.1 Å². The van der Waals surface area contributed by atoms with Crippen LogP contribution in [0.3, 0.4) is 0 Å². The van der Waals surface area contributed by atoms with Crippen LogP contribution in [0, 0.1) is 5.82 Å². The Morgan fingerprint density at radius 3 is 2.77 bits per heavy atom. The molecule has 8 heteroatoms. The van der Waals surface area contributed by atoms with Crippen LogP contribution in [-0.4, -0.2) is 38.6 Å². The fourth-order valence-corrected chi connectivity index (χ4v) is 3.03. The zero-order chi connectivity index (χ0) is 18.7. The van der Waals surface area contributed by atoms with E-state index in [2.05, 4.69) is 26.1 Å². The van der Waals surface area contributed by atoms with Gasteiger partial charge in [-0.2, -0.15) is 4.98 Å². The predicted molar refractivity (Wildman–Crippen MR) is 98.7 cm³/mol. The minimum absolute atomic E-state index is 0.0228. The molecule has 26 heavy (non-hydrogen) atoms. The van der Waals surface area contributed by atoms with E-state index in [4.69, 9.17) is 4.52 Å². The summed E-state index contributed by atoms with van der Waals surface area (Å²) in [6.45, 7) is 5.42. The van der Waals surface area contributed by atoms with E-state index in [1.54, 1.807) is 27.8 Å². The van der Waals surface area contributed by atoms with Crippen molar-refractivity contribution in [3.63, 3.8) is 0 Å². The van der Waals surface area contributed by atoms with E-state index in [0.29, 0.717) is 40.5 Å². The van der Waals surface area contributed by atoms with Gasteiger partial charge in [0.05, 0.1) is 4.47 Å². The summed E-state index contributed by atoms with van der Waals surface area (Å²) in [5.41, 5.74) is 1.29. The highest BCUT2D eigenvalue weighted by atomic mass is 79.9. The molecule has 0 aliphatic rings. The van der Waals surface area contributed by atoms with Gasteiger partial charge in [0.15, 0.2) is 0 Å². The first-order chi connectivity index (χ1) is 12.5. The fourth-order valence-electron chi connectivity index (χ4n) is 2.65. The lowest BCUT2D eigenvalue weighted by Crippen LogP contribution is -2.33. The van der Waals surface area contributed by atoms with Gasteiger partial charge in [0.2, 0.25) is 11.7 Å². The highest BCUT2D eigenvalue weighted by Crippen LogP contribution is 2.26. The number of carbonyl (C=O) groups excluding carboxylic acids is 1. The Hall–Kier alpha value is -2.48. The van der Waals surface area contributed by atoms with Crippen molar-refractivity contribution in [2.24, 2.45) is 0 Å². The summed E-state index contributed by atoms with van der Waals surface area (Å²) in [6, 6.07) is 8.14. The van der Waals surface area contributed by atoms with Crippen LogP contribution in [0.15, 0.2) is 45.5 Å². The minimum atomic E-state index is -0.360. The second-order valence-corrected chi connectivity index (χ2v) is 6.49. The van der Waals surface area contributed by atoms with E-state index in [9.17, 15) is 9.18 Å². The Bertz CT molecular complexity index is 918. The number of benzene rings is 1. The lowest BCUT2D eigenvalue weighted by Gasteiger charge is -2.19. The average molecular weight is 421 g/mol. The van der Waals surface area contributed by atoms with Crippen molar-refractivity contribution >= 4 is 21.8 Å². The zero-order valence-electron chi connectivity index (χ0n) is 14.4. The molecule has 0 radical (unpaired) electrons. The number of hydrogen-bond acceptors (Lipinski definition) is 4. The first-order valence-electron chi connectivity index (χ1n) is 8.25. The predicted octanol–water partition coefficient (Wildman–Crippen LogP) is 3.98. The molecule has 6 nitrogen and oxygen atoms in total. The molecule has 1 amide bonds. The van der Waals surface area contributed by atoms with Gasteiger partial charge in [-0.3, -0.25) is 4.79 Å². The third kappa shape index (κ3) is 3.70. The Morgan fingerprint density at radius 2 is 2.08 bits per heavy atom. The average Bonchev–Trinajstić information content (AvgIpc) is 3.27. The van der Waals surface area contributed by atoms with Gasteiger partial charge in [-0.15, -0.1) is 0 Å². The number of carbonyl (C=O) groups is 1. The Morgan fingerprint density at radius 1 is 1.31 bits per heavy atom. The molecule has 0 fully saturated rings. The molecule has 2 heterocycles. The quantitative estimate of drug-likeness (QED) is 0.604. The number of hydrogen-bond donors (Lipinski definition) is 0. The topological polar surface area (TPSA) is 64.2 Å². The van der Waals surface area contributed by atoms with Crippen LogP contribution in [0.5, 0.6) is 0 Å². The molecule has 0 saturated heterocycles. The molecular weight excluding hydrogens is 403 g/mol. The Kier molecular flexibility index (Phi) is 5.51. The van der Waals surface area contributed by atoms with Crippen molar-refractivity contribution < 1.29 is 13.7 Å². The van der Waals surface area contributed by atoms with Gasteiger partial charge < -0.3 is 14.0 Å². The highest BCUT2D eigenvalue weighted by Gasteiger charge is 2.17. The molecule has 0 atom stereocenters. The zero-order valence-corrected chi connectivity index (χ0v) is 16.0. The molecule has 2 aromatic heterocycles. The van der Waals surface area contributed by atoms with E-state index in [-0.39, 0.29) is 18.3 Å². The number of rotatable bonds is 6. The number of halogens is 2. The SMILES string of the molecule is CCN(CC)C(=O)Cn1cccc1-c1nc(-c2ccc(F)c(Br)c2)no1.